The van der Waals surface area contributed by atoms with Crippen LogP contribution >= 0.6 is 8.60 Å². The molecular formula is C60H89O4P. The van der Waals surface area contributed by atoms with Gasteiger partial charge in [-0.1, -0.05) is 229 Å². The van der Waals surface area contributed by atoms with E-state index < -0.39 is 8.60 Å². The third-order valence-corrected chi connectivity index (χ3v) is 14.5. The Morgan fingerprint density at radius 2 is 0.738 bits per heavy atom. The summed E-state index contributed by atoms with van der Waals surface area (Å²) >= 11 is 0. The highest BCUT2D eigenvalue weighted by Gasteiger charge is 2.40. The zero-order chi connectivity index (χ0) is 49.7. The third-order valence-electron chi connectivity index (χ3n) is 13.6. The lowest BCUT2D eigenvalue weighted by atomic mass is 9.74. The lowest BCUT2D eigenvalue weighted by Gasteiger charge is -2.37. The number of hydrogen-bond acceptors (Lipinski definition) is 4. The fraction of sp³-hybridized carbons (Fsp3) is 0.600. The van der Waals surface area contributed by atoms with Crippen LogP contribution in [0, 0.1) is 0 Å². The number of phenolic OH excluding ortho intramolecular Hbond substituents is 1. The predicted octanol–water partition coefficient (Wildman–Crippen LogP) is 18.2. The molecule has 1 aliphatic heterocycles. The minimum Gasteiger partial charge on any atom is -0.507 e. The van der Waals surface area contributed by atoms with Crippen LogP contribution in [0.15, 0.2) is 48.5 Å². The maximum Gasteiger partial charge on any atom is 0.530 e. The fourth-order valence-corrected chi connectivity index (χ4v) is 9.97. The van der Waals surface area contributed by atoms with Gasteiger partial charge in [0.1, 0.15) is 23.0 Å². The number of hydrogen-bond donors (Lipinski definition) is 1. The maximum atomic E-state index is 12.4. The largest absolute Gasteiger partial charge is 0.530 e. The molecule has 5 rings (SSSR count). The van der Waals surface area contributed by atoms with Crippen LogP contribution in [0.4, 0.5) is 0 Å². The molecule has 1 heterocycles. The minimum absolute atomic E-state index is 0.0363. The molecule has 0 fully saturated rings. The summed E-state index contributed by atoms with van der Waals surface area (Å²) in [6.45, 7) is 59.0. The molecule has 0 saturated carbocycles. The second-order valence-electron chi connectivity index (χ2n) is 27.7. The summed E-state index contributed by atoms with van der Waals surface area (Å²) in [5.74, 6) is 2.50. The van der Waals surface area contributed by atoms with E-state index in [2.05, 4.69) is 229 Å². The standard InChI is InChI=1S/C60H89O4P/c1-35(41-27-37(53(3,4)5)31-45(49(41)61)57(15,16)17)42-28-38(54(6,7)8)32-46(58(18,19)20)50(42)62-65-63-51-43(29-39(55(9,10)11)33-47(51)59(21,22)23)36(2)44-30-40(56(12,13)14)34-48(52(44)64-65)60(24,25)26/h27-36,61H,1-26H3. The zero-order valence-electron chi connectivity index (χ0n) is 45.9. The summed E-state index contributed by atoms with van der Waals surface area (Å²) in [6.07, 6.45) is 0. The number of phenols is 1. The lowest BCUT2D eigenvalue weighted by molar-refractivity contribution is 0.360. The molecule has 65 heavy (non-hydrogen) atoms. The van der Waals surface area contributed by atoms with Gasteiger partial charge in [-0.3, -0.25) is 0 Å². The third kappa shape index (κ3) is 11.1. The fourth-order valence-electron chi connectivity index (χ4n) is 8.80. The van der Waals surface area contributed by atoms with Crippen molar-refractivity contribution in [1.29, 1.82) is 0 Å². The molecule has 0 amide bonds. The Labute approximate surface area is 399 Å². The van der Waals surface area contributed by atoms with Crippen LogP contribution < -0.4 is 13.6 Å². The van der Waals surface area contributed by atoms with E-state index in [4.69, 9.17) is 13.6 Å². The average molecular weight is 905 g/mol. The number of benzene rings is 4. The highest BCUT2D eigenvalue weighted by Crippen LogP contribution is 2.58. The van der Waals surface area contributed by atoms with Crippen LogP contribution in [0.5, 0.6) is 23.0 Å². The normalized spacial score (nSPS) is 17.3. The Morgan fingerprint density at radius 3 is 1.08 bits per heavy atom. The van der Waals surface area contributed by atoms with Crippen LogP contribution in [0.25, 0.3) is 0 Å². The van der Waals surface area contributed by atoms with Crippen molar-refractivity contribution in [2.75, 3.05) is 0 Å². The van der Waals surface area contributed by atoms with Crippen molar-refractivity contribution in [3.8, 4) is 23.0 Å². The molecular weight excluding hydrogens is 816 g/mol. The number of aromatic hydroxyl groups is 1. The van der Waals surface area contributed by atoms with Gasteiger partial charge >= 0.3 is 8.60 Å². The Kier molecular flexibility index (Phi) is 13.7. The number of fused-ring (bicyclic) bond motifs is 2. The van der Waals surface area contributed by atoms with Crippen LogP contribution in [0.2, 0.25) is 0 Å². The van der Waals surface area contributed by atoms with Crippen molar-refractivity contribution < 1.29 is 18.7 Å². The summed E-state index contributed by atoms with van der Waals surface area (Å²) in [5.41, 5.74) is 11.9. The Bertz CT molecular complexity index is 2330. The van der Waals surface area contributed by atoms with E-state index in [1.807, 2.05) is 0 Å². The van der Waals surface area contributed by atoms with Crippen molar-refractivity contribution in [3.05, 3.63) is 115 Å². The lowest BCUT2D eigenvalue weighted by Crippen LogP contribution is -2.24. The summed E-state index contributed by atoms with van der Waals surface area (Å²) < 4.78 is 22.6. The van der Waals surface area contributed by atoms with Crippen molar-refractivity contribution in [2.24, 2.45) is 0 Å². The van der Waals surface area contributed by atoms with Gasteiger partial charge in [0.2, 0.25) is 0 Å². The van der Waals surface area contributed by atoms with E-state index in [9.17, 15) is 5.11 Å². The minimum atomic E-state index is -2.12. The van der Waals surface area contributed by atoms with Gasteiger partial charge in [-0.15, -0.1) is 0 Å². The first-order chi connectivity index (χ1) is 29.0. The van der Waals surface area contributed by atoms with Crippen LogP contribution in [-0.2, 0) is 43.3 Å². The highest BCUT2D eigenvalue weighted by molar-refractivity contribution is 7.43. The van der Waals surface area contributed by atoms with Gasteiger partial charge < -0.3 is 18.7 Å². The first kappa shape index (κ1) is 52.5. The molecule has 0 aromatic heterocycles. The smallest absolute Gasteiger partial charge is 0.507 e. The average Bonchev–Trinajstić information content (AvgIpc) is 3.10. The van der Waals surface area contributed by atoms with Gasteiger partial charge in [-0.25, -0.2) is 0 Å². The first-order valence-corrected chi connectivity index (χ1v) is 25.4. The molecule has 4 aromatic carbocycles. The summed E-state index contributed by atoms with van der Waals surface area (Å²) in [4.78, 5) is 0. The van der Waals surface area contributed by atoms with Crippen molar-refractivity contribution in [1.82, 2.24) is 0 Å². The zero-order valence-corrected chi connectivity index (χ0v) is 46.8. The van der Waals surface area contributed by atoms with Crippen molar-refractivity contribution in [2.45, 2.75) is 235 Å². The van der Waals surface area contributed by atoms with Gasteiger partial charge in [-0.2, -0.15) is 0 Å². The quantitative estimate of drug-likeness (QED) is 0.207. The van der Waals surface area contributed by atoms with Gasteiger partial charge in [0, 0.05) is 50.8 Å². The van der Waals surface area contributed by atoms with E-state index in [1.54, 1.807) is 0 Å². The van der Waals surface area contributed by atoms with Gasteiger partial charge in [0.15, 0.2) is 0 Å². The monoisotopic (exact) mass is 905 g/mol. The highest BCUT2D eigenvalue weighted by atomic mass is 31.2. The molecule has 0 saturated heterocycles. The van der Waals surface area contributed by atoms with Gasteiger partial charge in [-0.05, 0) is 71.1 Å². The molecule has 0 aliphatic carbocycles. The Balaban J connectivity index is 1.96. The van der Waals surface area contributed by atoms with Crippen LogP contribution in [0.1, 0.15) is 259 Å². The second-order valence-corrected chi connectivity index (χ2v) is 28.7. The molecule has 1 unspecified atom stereocenters. The second kappa shape index (κ2) is 16.9. The molecule has 5 heteroatoms. The van der Waals surface area contributed by atoms with E-state index >= 15 is 0 Å². The Hall–Kier alpha value is -3.49. The maximum absolute atomic E-state index is 12.4. The molecule has 0 spiro atoms. The SMILES string of the molecule is CC(c1cc(C(C)(C)C)cc(C(C)(C)C)c1O)c1cc(C(C)(C)C)cc(C(C)(C)C)c1OP1Oc2c(cc(C(C)(C)C)cc2C(C)(C)C)C(C)c2cc(C(C)(C)C)cc(C(C)(C)C)c2O1. The van der Waals surface area contributed by atoms with Crippen LogP contribution in [0.3, 0.4) is 0 Å². The van der Waals surface area contributed by atoms with Crippen LogP contribution in [-0.4, -0.2) is 5.11 Å². The first-order valence-electron chi connectivity index (χ1n) is 24.3. The van der Waals surface area contributed by atoms with E-state index in [1.165, 1.54) is 22.3 Å². The van der Waals surface area contributed by atoms with Crippen molar-refractivity contribution >= 4 is 8.60 Å². The predicted molar refractivity (Wildman–Crippen MR) is 281 cm³/mol. The van der Waals surface area contributed by atoms with Gasteiger partial charge in [0.25, 0.3) is 0 Å². The topological polar surface area (TPSA) is 47.9 Å². The molecule has 358 valence electrons. The molecule has 4 nitrogen and oxygen atoms in total. The molecule has 1 aliphatic rings. The van der Waals surface area contributed by atoms with E-state index in [-0.39, 0.29) is 55.2 Å². The van der Waals surface area contributed by atoms with E-state index in [0.29, 0.717) is 5.75 Å². The molecule has 1 N–H and O–H groups in total. The molecule has 0 radical (unpaired) electrons. The summed E-state index contributed by atoms with van der Waals surface area (Å²) in [5, 5.41) is 12.4. The molecule has 0 bridgehead atoms. The van der Waals surface area contributed by atoms with Gasteiger partial charge in [0.05, 0.1) is 0 Å². The Morgan fingerprint density at radius 1 is 0.431 bits per heavy atom. The van der Waals surface area contributed by atoms with Crippen molar-refractivity contribution in [3.63, 3.8) is 0 Å². The molecule has 4 aromatic rings. The van der Waals surface area contributed by atoms with E-state index in [0.717, 1.165) is 61.8 Å². The molecule has 1 atom stereocenters. The summed E-state index contributed by atoms with van der Waals surface area (Å²) in [6, 6.07) is 18.6. The number of rotatable bonds is 4. The summed E-state index contributed by atoms with van der Waals surface area (Å²) in [7, 11) is -2.12.